The molecule has 1 aliphatic heterocycles. The quantitative estimate of drug-likeness (QED) is 0.659. The third-order valence-electron chi connectivity index (χ3n) is 2.95. The predicted octanol–water partition coefficient (Wildman–Crippen LogP) is 0.777. The van der Waals surface area contributed by atoms with Gasteiger partial charge in [0.1, 0.15) is 0 Å². The van der Waals surface area contributed by atoms with Crippen LogP contribution in [0.2, 0.25) is 0 Å². The van der Waals surface area contributed by atoms with Gasteiger partial charge in [-0.1, -0.05) is 6.08 Å². The second-order valence-electron chi connectivity index (χ2n) is 4.02. The maximum absolute atomic E-state index is 11.6. The first kappa shape index (κ1) is 8.75. The van der Waals surface area contributed by atoms with Gasteiger partial charge in [0.2, 0.25) is 5.91 Å². The number of amides is 1. The number of piperidine rings is 1. The van der Waals surface area contributed by atoms with Crippen LogP contribution in [-0.2, 0) is 4.79 Å². The molecule has 0 radical (unpaired) electrons. The standard InChI is InChI=1S/C10H16N2O/c1-3-6(2)11-10(13)9-5-7-4-8(7)12-9/h3,7-9,12H,4-5H2,1-2H3,(H,11,13). The molecule has 72 valence electrons. The molecule has 13 heavy (non-hydrogen) atoms. The molecule has 0 bridgehead atoms. The summed E-state index contributed by atoms with van der Waals surface area (Å²) < 4.78 is 0. The van der Waals surface area contributed by atoms with Gasteiger partial charge in [-0.15, -0.1) is 0 Å². The molecule has 0 spiro atoms. The van der Waals surface area contributed by atoms with Crippen LogP contribution in [0.25, 0.3) is 0 Å². The minimum atomic E-state index is 0.0543. The Balaban J connectivity index is 1.84. The number of rotatable bonds is 2. The Bertz CT molecular complexity index is 250. The number of hydrogen-bond donors (Lipinski definition) is 2. The number of carbonyl (C=O) groups is 1. The predicted molar refractivity (Wildman–Crippen MR) is 51.0 cm³/mol. The Kier molecular flexibility index (Phi) is 2.12. The van der Waals surface area contributed by atoms with E-state index in [1.807, 2.05) is 19.9 Å². The van der Waals surface area contributed by atoms with Gasteiger partial charge >= 0.3 is 0 Å². The Labute approximate surface area is 78.6 Å². The van der Waals surface area contributed by atoms with E-state index in [0.29, 0.717) is 6.04 Å². The molecule has 1 heterocycles. The van der Waals surface area contributed by atoms with Crippen LogP contribution < -0.4 is 10.6 Å². The summed E-state index contributed by atoms with van der Waals surface area (Å²) in [5, 5.41) is 6.19. The Morgan fingerprint density at radius 2 is 2.31 bits per heavy atom. The smallest absolute Gasteiger partial charge is 0.241 e. The van der Waals surface area contributed by atoms with E-state index in [0.717, 1.165) is 18.0 Å². The largest absolute Gasteiger partial charge is 0.329 e. The minimum Gasteiger partial charge on any atom is -0.329 e. The van der Waals surface area contributed by atoms with Crippen molar-refractivity contribution in [3.63, 3.8) is 0 Å². The molecule has 3 atom stereocenters. The third-order valence-corrected chi connectivity index (χ3v) is 2.95. The van der Waals surface area contributed by atoms with E-state index in [1.54, 1.807) is 0 Å². The van der Waals surface area contributed by atoms with Gasteiger partial charge in [-0.2, -0.15) is 0 Å². The van der Waals surface area contributed by atoms with Crippen molar-refractivity contribution in [3.8, 4) is 0 Å². The minimum absolute atomic E-state index is 0.0543. The highest BCUT2D eigenvalue weighted by Crippen LogP contribution is 2.40. The number of nitrogens with one attached hydrogen (secondary N) is 2. The van der Waals surface area contributed by atoms with Crippen LogP contribution in [0.3, 0.4) is 0 Å². The number of carbonyl (C=O) groups excluding carboxylic acids is 1. The fourth-order valence-corrected chi connectivity index (χ4v) is 1.88. The average molecular weight is 180 g/mol. The van der Waals surface area contributed by atoms with Crippen molar-refractivity contribution < 1.29 is 4.79 Å². The van der Waals surface area contributed by atoms with Crippen LogP contribution in [0.4, 0.5) is 0 Å². The van der Waals surface area contributed by atoms with E-state index < -0.39 is 0 Å². The summed E-state index contributed by atoms with van der Waals surface area (Å²) in [5.41, 5.74) is 0.937. The van der Waals surface area contributed by atoms with Gasteiger partial charge in [0.05, 0.1) is 6.04 Å². The molecule has 2 fully saturated rings. The normalized spacial score (nSPS) is 37.1. The van der Waals surface area contributed by atoms with Crippen molar-refractivity contribution in [3.05, 3.63) is 11.8 Å². The maximum Gasteiger partial charge on any atom is 0.241 e. The Hall–Kier alpha value is -0.830. The van der Waals surface area contributed by atoms with Gasteiger partial charge < -0.3 is 10.6 Å². The van der Waals surface area contributed by atoms with E-state index in [2.05, 4.69) is 10.6 Å². The van der Waals surface area contributed by atoms with Gasteiger partial charge in [0.15, 0.2) is 0 Å². The first-order chi connectivity index (χ1) is 6.20. The summed E-state index contributed by atoms with van der Waals surface area (Å²) in [6, 6.07) is 0.695. The summed E-state index contributed by atoms with van der Waals surface area (Å²) in [4.78, 5) is 11.6. The molecule has 0 aromatic heterocycles. The van der Waals surface area contributed by atoms with Crippen LogP contribution in [0.1, 0.15) is 26.7 Å². The second-order valence-corrected chi connectivity index (χ2v) is 4.02. The molecule has 1 saturated carbocycles. The van der Waals surface area contributed by atoms with Crippen LogP contribution in [0.5, 0.6) is 0 Å². The molecule has 2 rings (SSSR count). The number of fused-ring (bicyclic) bond motifs is 1. The Morgan fingerprint density at radius 1 is 1.54 bits per heavy atom. The zero-order valence-corrected chi connectivity index (χ0v) is 8.13. The molecule has 3 heteroatoms. The Morgan fingerprint density at radius 3 is 2.85 bits per heavy atom. The lowest BCUT2D eigenvalue weighted by Crippen LogP contribution is -2.41. The zero-order chi connectivity index (χ0) is 9.42. The molecular weight excluding hydrogens is 164 g/mol. The topological polar surface area (TPSA) is 41.1 Å². The fraction of sp³-hybridized carbons (Fsp3) is 0.700. The van der Waals surface area contributed by atoms with E-state index in [1.165, 1.54) is 6.42 Å². The summed E-state index contributed by atoms with van der Waals surface area (Å²) in [5.74, 6) is 0.907. The fourth-order valence-electron chi connectivity index (χ4n) is 1.88. The van der Waals surface area contributed by atoms with Crippen molar-refractivity contribution in [1.82, 2.24) is 10.6 Å². The number of hydrogen-bond acceptors (Lipinski definition) is 2. The average Bonchev–Trinajstić information content (AvgIpc) is 2.73. The zero-order valence-electron chi connectivity index (χ0n) is 8.13. The lowest BCUT2D eigenvalue weighted by atomic mass is 10.1. The van der Waals surface area contributed by atoms with E-state index in [4.69, 9.17) is 0 Å². The molecule has 3 unspecified atom stereocenters. The molecule has 0 aromatic rings. The molecule has 0 aromatic carbocycles. The lowest BCUT2D eigenvalue weighted by Gasteiger charge is -2.13. The first-order valence-corrected chi connectivity index (χ1v) is 4.90. The van der Waals surface area contributed by atoms with Gasteiger partial charge in [-0.3, -0.25) is 4.79 Å². The maximum atomic E-state index is 11.6. The monoisotopic (exact) mass is 180 g/mol. The number of allylic oxidation sites excluding steroid dienone is 2. The highest BCUT2D eigenvalue weighted by atomic mass is 16.2. The highest BCUT2D eigenvalue weighted by molar-refractivity contribution is 5.83. The van der Waals surface area contributed by atoms with E-state index in [9.17, 15) is 4.79 Å². The van der Waals surface area contributed by atoms with E-state index in [-0.39, 0.29) is 11.9 Å². The van der Waals surface area contributed by atoms with Crippen molar-refractivity contribution in [2.45, 2.75) is 38.8 Å². The highest BCUT2D eigenvalue weighted by Gasteiger charge is 2.47. The van der Waals surface area contributed by atoms with Crippen molar-refractivity contribution in [1.29, 1.82) is 0 Å². The molecule has 1 saturated heterocycles. The van der Waals surface area contributed by atoms with Gasteiger partial charge in [0, 0.05) is 11.7 Å². The molecule has 2 aliphatic rings. The summed E-state index contributed by atoms with van der Waals surface area (Å²) in [6.07, 6.45) is 4.20. The molecule has 1 aliphatic carbocycles. The van der Waals surface area contributed by atoms with Gasteiger partial charge in [0.25, 0.3) is 0 Å². The van der Waals surface area contributed by atoms with Crippen molar-refractivity contribution in [2.75, 3.05) is 0 Å². The van der Waals surface area contributed by atoms with Crippen LogP contribution >= 0.6 is 0 Å². The molecule has 3 nitrogen and oxygen atoms in total. The second kappa shape index (κ2) is 3.14. The van der Waals surface area contributed by atoms with E-state index >= 15 is 0 Å². The van der Waals surface area contributed by atoms with Crippen LogP contribution in [0.15, 0.2) is 11.8 Å². The molecule has 2 N–H and O–H groups in total. The summed E-state index contributed by atoms with van der Waals surface area (Å²) in [6.45, 7) is 3.84. The van der Waals surface area contributed by atoms with Crippen LogP contribution in [-0.4, -0.2) is 18.0 Å². The van der Waals surface area contributed by atoms with Gasteiger partial charge in [-0.25, -0.2) is 0 Å². The van der Waals surface area contributed by atoms with Crippen molar-refractivity contribution in [2.24, 2.45) is 5.92 Å². The van der Waals surface area contributed by atoms with Crippen molar-refractivity contribution >= 4 is 5.91 Å². The molecular formula is C10H16N2O. The van der Waals surface area contributed by atoms with Gasteiger partial charge in [-0.05, 0) is 32.6 Å². The summed E-state index contributed by atoms with van der Waals surface area (Å²) >= 11 is 0. The summed E-state index contributed by atoms with van der Waals surface area (Å²) in [7, 11) is 0. The first-order valence-electron chi connectivity index (χ1n) is 4.90. The van der Waals surface area contributed by atoms with Crippen LogP contribution in [0, 0.1) is 5.92 Å². The SMILES string of the molecule is CC=C(C)NC(=O)C1CC2CC2N1. The molecule has 1 amide bonds. The lowest BCUT2D eigenvalue weighted by molar-refractivity contribution is -0.122. The third kappa shape index (κ3) is 1.75.